The van der Waals surface area contributed by atoms with Crippen LogP contribution in [-0.2, 0) is 10.7 Å². The van der Waals surface area contributed by atoms with Gasteiger partial charge < -0.3 is 10.2 Å². The Bertz CT molecular complexity index is 1180. The number of halogens is 4. The molecule has 32 heavy (non-hydrogen) atoms. The molecule has 3 amide bonds. The van der Waals surface area contributed by atoms with Crippen LogP contribution in [0.2, 0.25) is 0 Å². The van der Waals surface area contributed by atoms with E-state index in [1.54, 1.807) is 6.08 Å². The average Bonchev–Trinajstić information content (AvgIpc) is 3.26. The van der Waals surface area contributed by atoms with Crippen molar-refractivity contribution in [2.24, 2.45) is 5.10 Å². The first kappa shape index (κ1) is 20.2. The Labute approximate surface area is 179 Å². The lowest BCUT2D eigenvalue weighted by atomic mass is 10.0. The van der Waals surface area contributed by atoms with Crippen LogP contribution in [0.4, 0.5) is 28.0 Å². The second kappa shape index (κ2) is 7.18. The van der Waals surface area contributed by atoms with Crippen molar-refractivity contribution in [3.63, 3.8) is 0 Å². The molecule has 0 aliphatic carbocycles. The Hall–Kier alpha value is -3.69. The van der Waals surface area contributed by atoms with E-state index in [0.717, 1.165) is 11.6 Å². The zero-order chi connectivity index (χ0) is 22.6. The van der Waals surface area contributed by atoms with Crippen molar-refractivity contribution < 1.29 is 27.2 Å². The van der Waals surface area contributed by atoms with Crippen LogP contribution < -0.4 is 5.32 Å². The molecule has 1 atom stereocenters. The highest BCUT2D eigenvalue weighted by Crippen LogP contribution is 2.41. The molecular weight excluding hydrogens is 428 g/mol. The molecule has 0 radical (unpaired) electrons. The molecule has 0 unspecified atom stereocenters. The molecule has 3 aliphatic heterocycles. The molecule has 164 valence electrons. The van der Waals surface area contributed by atoms with E-state index in [1.807, 2.05) is 0 Å². The quantitative estimate of drug-likeness (QED) is 0.704. The molecule has 1 saturated heterocycles. The zero-order valence-corrected chi connectivity index (χ0v) is 16.5. The smallest absolute Gasteiger partial charge is 0.320 e. The maximum atomic E-state index is 13.8. The summed E-state index contributed by atoms with van der Waals surface area (Å²) in [5.74, 6) is -6.34. The summed E-state index contributed by atoms with van der Waals surface area (Å²) in [5.41, 5.74) is 1.53. The molecule has 2 aromatic rings. The summed E-state index contributed by atoms with van der Waals surface area (Å²) >= 11 is 0. The van der Waals surface area contributed by atoms with Crippen molar-refractivity contribution in [2.75, 3.05) is 18.4 Å². The summed E-state index contributed by atoms with van der Waals surface area (Å²) in [6.07, 6.45) is 3.63. The van der Waals surface area contributed by atoms with Crippen LogP contribution in [0.1, 0.15) is 29.2 Å². The van der Waals surface area contributed by atoms with E-state index in [0.29, 0.717) is 30.6 Å². The van der Waals surface area contributed by atoms with Gasteiger partial charge in [-0.15, -0.1) is 0 Å². The first-order chi connectivity index (χ1) is 15.2. The average molecular weight is 444 g/mol. The van der Waals surface area contributed by atoms with E-state index in [-0.39, 0.29) is 11.3 Å². The van der Waals surface area contributed by atoms with Gasteiger partial charge in [0.2, 0.25) is 0 Å². The van der Waals surface area contributed by atoms with E-state index in [9.17, 15) is 27.2 Å². The number of nitrogens with one attached hydrogen (secondary N) is 1. The molecule has 2 aromatic carbocycles. The van der Waals surface area contributed by atoms with Gasteiger partial charge in [-0.3, -0.25) is 4.79 Å². The highest BCUT2D eigenvalue weighted by molar-refractivity contribution is 6.04. The monoisotopic (exact) mass is 444 g/mol. The molecule has 0 spiro atoms. The number of hydrazone groups is 1. The largest absolute Gasteiger partial charge is 0.352 e. The van der Waals surface area contributed by atoms with Crippen molar-refractivity contribution in [1.29, 1.82) is 0 Å². The second-order valence-corrected chi connectivity index (χ2v) is 7.87. The van der Waals surface area contributed by atoms with Gasteiger partial charge in [0, 0.05) is 31.8 Å². The molecule has 3 heterocycles. The van der Waals surface area contributed by atoms with Gasteiger partial charge in [-0.1, -0.05) is 12.1 Å². The number of nitrogens with zero attached hydrogens (tertiary/aromatic N) is 3. The van der Waals surface area contributed by atoms with E-state index in [2.05, 4.69) is 10.4 Å². The lowest BCUT2D eigenvalue weighted by molar-refractivity contribution is -0.139. The first-order valence-corrected chi connectivity index (χ1v) is 9.82. The molecule has 0 bridgehead atoms. The maximum absolute atomic E-state index is 13.8. The minimum Gasteiger partial charge on any atom is -0.320 e. The highest BCUT2D eigenvalue weighted by Gasteiger charge is 2.48. The molecular formula is C22H16F4N4O2. The molecule has 0 aromatic heterocycles. The number of likely N-dealkylation sites (tertiary alicyclic amines) is 1. The topological polar surface area (TPSA) is 65.0 Å². The predicted octanol–water partition coefficient (Wildman–Crippen LogP) is 4.26. The van der Waals surface area contributed by atoms with Crippen molar-refractivity contribution >= 4 is 29.9 Å². The molecule has 0 saturated carbocycles. The minimum absolute atomic E-state index is 0.0678. The van der Waals surface area contributed by atoms with E-state index in [1.165, 1.54) is 46.5 Å². The van der Waals surface area contributed by atoms with Gasteiger partial charge in [-0.25, -0.2) is 18.6 Å². The van der Waals surface area contributed by atoms with Gasteiger partial charge in [-0.2, -0.15) is 13.9 Å². The number of urea groups is 1. The summed E-state index contributed by atoms with van der Waals surface area (Å²) in [7, 11) is 0. The lowest BCUT2D eigenvalue weighted by Gasteiger charge is -2.37. The van der Waals surface area contributed by atoms with E-state index < -0.39 is 35.5 Å². The van der Waals surface area contributed by atoms with Crippen LogP contribution in [-0.4, -0.2) is 41.2 Å². The van der Waals surface area contributed by atoms with E-state index >= 15 is 0 Å². The van der Waals surface area contributed by atoms with Crippen LogP contribution in [0.25, 0.3) is 6.08 Å². The van der Waals surface area contributed by atoms with Crippen molar-refractivity contribution in [3.05, 3.63) is 70.3 Å². The fourth-order valence-electron chi connectivity index (χ4n) is 4.05. The Morgan fingerprint density at radius 3 is 2.56 bits per heavy atom. The number of fused-ring (bicyclic) bond motifs is 1. The number of rotatable bonds is 2. The Kier molecular flexibility index (Phi) is 4.54. The molecule has 1 fully saturated rings. The second-order valence-electron chi connectivity index (χ2n) is 7.87. The number of hydrogen-bond donors (Lipinski definition) is 1. The van der Waals surface area contributed by atoms with Crippen LogP contribution in [0.3, 0.4) is 0 Å². The number of carbonyl (C=O) groups excluding carboxylic acids is 2. The van der Waals surface area contributed by atoms with Crippen LogP contribution in [0.15, 0.2) is 47.1 Å². The number of hydrogen-bond acceptors (Lipinski definition) is 3. The molecule has 3 aliphatic rings. The Balaban J connectivity index is 1.27. The normalized spacial score (nSPS) is 20.8. The molecule has 1 N–H and O–H groups in total. The third-order valence-corrected chi connectivity index (χ3v) is 5.64. The van der Waals surface area contributed by atoms with Gasteiger partial charge in [0.15, 0.2) is 0 Å². The first-order valence-electron chi connectivity index (χ1n) is 9.82. The molecule has 6 nitrogen and oxygen atoms in total. The summed E-state index contributed by atoms with van der Waals surface area (Å²) < 4.78 is 54.7. The fourth-order valence-corrected chi connectivity index (χ4v) is 4.05. The summed E-state index contributed by atoms with van der Waals surface area (Å²) in [6, 6.07) is 6.30. The fraction of sp³-hybridized carbons (Fsp3) is 0.227. The van der Waals surface area contributed by atoms with Gasteiger partial charge in [0.25, 0.3) is 5.91 Å². The predicted molar refractivity (Wildman–Crippen MR) is 108 cm³/mol. The van der Waals surface area contributed by atoms with Crippen LogP contribution in [0.5, 0.6) is 0 Å². The highest BCUT2D eigenvalue weighted by atomic mass is 19.3. The SMILES string of the molecule is O=C(N1CC(=Cc2ccc3c(c2)NC(=O)C3(F)F)C1)N1N=CC[C@H]1c1cc(F)cc(F)c1. The number of amides is 3. The molecule has 5 rings (SSSR count). The third-order valence-electron chi connectivity index (χ3n) is 5.64. The maximum Gasteiger partial charge on any atom is 0.352 e. The van der Waals surface area contributed by atoms with Gasteiger partial charge in [-0.05, 0) is 41.0 Å². The van der Waals surface area contributed by atoms with Gasteiger partial charge >= 0.3 is 12.0 Å². The standard InChI is InChI=1S/C22H16F4N4O2/c23-15-7-14(8-16(24)9-15)19-3-4-27-30(19)21(32)29-10-13(11-29)5-12-1-2-17-18(6-12)28-20(31)22(17,25)26/h1-2,4-9,19H,3,10-11H2,(H,28,31)/t19-/m0/s1. The van der Waals surface area contributed by atoms with Crippen molar-refractivity contribution in [1.82, 2.24) is 9.91 Å². The lowest BCUT2D eigenvalue weighted by Crippen LogP contribution is -2.49. The minimum atomic E-state index is -3.54. The van der Waals surface area contributed by atoms with Crippen LogP contribution in [0, 0.1) is 11.6 Å². The van der Waals surface area contributed by atoms with Gasteiger partial charge in [0.1, 0.15) is 11.6 Å². The van der Waals surface area contributed by atoms with Crippen molar-refractivity contribution in [2.45, 2.75) is 18.4 Å². The summed E-state index contributed by atoms with van der Waals surface area (Å²) in [6.45, 7) is 0.601. The summed E-state index contributed by atoms with van der Waals surface area (Å²) in [4.78, 5) is 25.7. The number of alkyl halides is 2. The summed E-state index contributed by atoms with van der Waals surface area (Å²) in [5, 5.41) is 7.44. The number of anilines is 1. The van der Waals surface area contributed by atoms with Gasteiger partial charge in [0.05, 0.1) is 17.3 Å². The number of carbonyl (C=O) groups is 2. The number of benzene rings is 2. The zero-order valence-electron chi connectivity index (χ0n) is 16.5. The van der Waals surface area contributed by atoms with Crippen molar-refractivity contribution in [3.8, 4) is 0 Å². The van der Waals surface area contributed by atoms with E-state index in [4.69, 9.17) is 0 Å². The third kappa shape index (κ3) is 3.31. The Morgan fingerprint density at radius 1 is 1.12 bits per heavy atom. The molecule has 10 heteroatoms. The Morgan fingerprint density at radius 2 is 1.84 bits per heavy atom. The van der Waals surface area contributed by atoms with Crippen LogP contribution >= 0.6 is 0 Å².